The predicted octanol–water partition coefficient (Wildman–Crippen LogP) is -0.128. The molecule has 4 nitrogen and oxygen atoms in total. The van der Waals surface area contributed by atoms with Crippen molar-refractivity contribution >= 4 is 18.5 Å². The van der Waals surface area contributed by atoms with Gasteiger partial charge in [0.15, 0.2) is 12.6 Å². The van der Waals surface area contributed by atoms with Crippen molar-refractivity contribution in [2.45, 2.75) is 13.0 Å². The molecule has 0 aromatic carbocycles. The number of ether oxygens (including phenoxy) is 1. The number of hydrogen-bond donors (Lipinski definition) is 0. The fourth-order valence-electron chi connectivity index (χ4n) is 0.312. The molecule has 0 rings (SSSR count). The summed E-state index contributed by atoms with van der Waals surface area (Å²) in [5, 5.41) is 0. The van der Waals surface area contributed by atoms with Crippen LogP contribution < -0.4 is 0 Å². The molecule has 0 atom stereocenters. The van der Waals surface area contributed by atoms with Crippen LogP contribution in [0.4, 0.5) is 0 Å². The number of aldehydes is 2. The van der Waals surface area contributed by atoms with Crippen molar-refractivity contribution in [3.63, 3.8) is 0 Å². The third kappa shape index (κ3) is 3.30. The summed E-state index contributed by atoms with van der Waals surface area (Å²) in [6, 6.07) is 0. The van der Waals surface area contributed by atoms with E-state index in [0.29, 0.717) is 0 Å². The zero-order valence-corrected chi connectivity index (χ0v) is 6.07. The second-order valence-corrected chi connectivity index (χ2v) is 1.92. The molecule has 0 fully saturated rings. The minimum atomic E-state index is -1.31. The Morgan fingerprint density at radius 3 is 2.18 bits per heavy atom. The number of esters is 1. The van der Waals surface area contributed by atoms with Crippen LogP contribution in [-0.2, 0) is 19.1 Å². The number of carbonyl (C=O) groups is 3. The maximum atomic E-state index is 10.6. The van der Waals surface area contributed by atoms with Gasteiger partial charge < -0.3 is 4.74 Å². The fraction of sp³-hybridized carbons (Fsp3) is 0.286. The molecule has 0 N–H and O–H groups in total. The van der Waals surface area contributed by atoms with Gasteiger partial charge in [0.05, 0.1) is 0 Å². The van der Waals surface area contributed by atoms with Gasteiger partial charge in [0.25, 0.3) is 0 Å². The highest BCUT2D eigenvalue weighted by Gasteiger charge is 2.11. The Morgan fingerprint density at radius 1 is 1.45 bits per heavy atom. The van der Waals surface area contributed by atoms with Gasteiger partial charge in [-0.25, -0.2) is 4.79 Å². The molecule has 0 aliphatic rings. The summed E-state index contributed by atoms with van der Waals surface area (Å²) in [6.07, 6.45) is -0.819. The SMILES string of the molecule is C=C(C)C(=O)OC(C=O)C=O. The first-order valence-electron chi connectivity index (χ1n) is 2.89. The smallest absolute Gasteiger partial charge is 0.334 e. The van der Waals surface area contributed by atoms with Crippen molar-refractivity contribution in [2.24, 2.45) is 0 Å². The van der Waals surface area contributed by atoms with Gasteiger partial charge in [-0.3, -0.25) is 9.59 Å². The lowest BCUT2D eigenvalue weighted by atomic mass is 10.3. The fourth-order valence-corrected chi connectivity index (χ4v) is 0.312. The first-order chi connectivity index (χ1) is 5.11. The van der Waals surface area contributed by atoms with E-state index >= 15 is 0 Å². The summed E-state index contributed by atoms with van der Waals surface area (Å²) in [5.41, 5.74) is 0.152. The van der Waals surface area contributed by atoms with E-state index < -0.39 is 12.1 Å². The van der Waals surface area contributed by atoms with E-state index in [0.717, 1.165) is 0 Å². The zero-order chi connectivity index (χ0) is 8.85. The molecule has 0 aromatic rings. The average Bonchev–Trinajstić information content (AvgIpc) is 1.99. The van der Waals surface area contributed by atoms with Crippen LogP contribution >= 0.6 is 0 Å². The Hall–Kier alpha value is -1.45. The molecule has 0 aromatic heterocycles. The summed E-state index contributed by atoms with van der Waals surface area (Å²) in [5.74, 6) is -0.741. The number of rotatable bonds is 4. The molecule has 11 heavy (non-hydrogen) atoms. The van der Waals surface area contributed by atoms with Crippen molar-refractivity contribution < 1.29 is 19.1 Å². The molecule has 0 aliphatic heterocycles. The molecule has 0 bridgehead atoms. The first kappa shape index (κ1) is 9.55. The van der Waals surface area contributed by atoms with Crippen molar-refractivity contribution in [3.05, 3.63) is 12.2 Å². The van der Waals surface area contributed by atoms with E-state index in [9.17, 15) is 14.4 Å². The summed E-state index contributed by atoms with van der Waals surface area (Å²) in [7, 11) is 0. The molecule has 4 heteroatoms. The summed E-state index contributed by atoms with van der Waals surface area (Å²) >= 11 is 0. The van der Waals surface area contributed by atoms with Crippen LogP contribution in [0, 0.1) is 0 Å². The van der Waals surface area contributed by atoms with E-state index in [4.69, 9.17) is 0 Å². The van der Waals surface area contributed by atoms with Gasteiger partial charge in [-0.05, 0) is 6.92 Å². The van der Waals surface area contributed by atoms with E-state index in [1.54, 1.807) is 0 Å². The van der Waals surface area contributed by atoms with Crippen molar-refractivity contribution in [2.75, 3.05) is 0 Å². The lowest BCUT2D eigenvalue weighted by Crippen LogP contribution is -2.20. The van der Waals surface area contributed by atoms with Crippen molar-refractivity contribution in [1.29, 1.82) is 0 Å². The Kier molecular flexibility index (Phi) is 3.80. The second kappa shape index (κ2) is 4.38. The molecule has 0 heterocycles. The van der Waals surface area contributed by atoms with Crippen LogP contribution in [0.3, 0.4) is 0 Å². The molecule has 60 valence electrons. The topological polar surface area (TPSA) is 60.4 Å². The van der Waals surface area contributed by atoms with Crippen LogP contribution in [0.15, 0.2) is 12.2 Å². The lowest BCUT2D eigenvalue weighted by Gasteiger charge is -2.03. The van der Waals surface area contributed by atoms with Crippen LogP contribution in [0.25, 0.3) is 0 Å². The van der Waals surface area contributed by atoms with Crippen LogP contribution in [0.2, 0.25) is 0 Å². The van der Waals surface area contributed by atoms with E-state index in [1.807, 2.05) is 0 Å². The van der Waals surface area contributed by atoms with E-state index in [-0.39, 0.29) is 18.1 Å². The summed E-state index contributed by atoms with van der Waals surface area (Å²) in [4.78, 5) is 30.5. The van der Waals surface area contributed by atoms with Gasteiger partial charge in [-0.15, -0.1) is 0 Å². The molecular formula is C7H8O4. The standard InChI is InChI=1S/C7H8O4/c1-5(2)7(10)11-6(3-8)4-9/h3-4,6H,1H2,2H3. The third-order valence-electron chi connectivity index (χ3n) is 0.860. The Morgan fingerprint density at radius 2 is 1.91 bits per heavy atom. The van der Waals surface area contributed by atoms with Gasteiger partial charge in [0, 0.05) is 5.57 Å². The minimum Gasteiger partial charge on any atom is -0.444 e. The monoisotopic (exact) mass is 156 g/mol. The molecule has 0 spiro atoms. The van der Waals surface area contributed by atoms with Gasteiger partial charge in [0.1, 0.15) is 0 Å². The van der Waals surface area contributed by atoms with Crippen molar-refractivity contribution in [1.82, 2.24) is 0 Å². The Labute approximate surface area is 63.8 Å². The molecule has 0 radical (unpaired) electrons. The quantitative estimate of drug-likeness (QED) is 0.246. The molecule has 0 saturated carbocycles. The molecule has 0 amide bonds. The maximum absolute atomic E-state index is 10.6. The zero-order valence-electron chi connectivity index (χ0n) is 6.07. The van der Waals surface area contributed by atoms with Gasteiger partial charge in [0.2, 0.25) is 6.10 Å². The highest BCUT2D eigenvalue weighted by Crippen LogP contribution is 1.94. The number of carbonyl (C=O) groups excluding carboxylic acids is 3. The van der Waals surface area contributed by atoms with E-state index in [2.05, 4.69) is 11.3 Å². The molecule has 0 saturated heterocycles. The van der Waals surface area contributed by atoms with Crippen LogP contribution in [-0.4, -0.2) is 24.6 Å². The molecular weight excluding hydrogens is 148 g/mol. The van der Waals surface area contributed by atoms with Crippen molar-refractivity contribution in [3.8, 4) is 0 Å². The number of hydrogen-bond acceptors (Lipinski definition) is 4. The normalized spacial score (nSPS) is 8.91. The average molecular weight is 156 g/mol. The van der Waals surface area contributed by atoms with Gasteiger partial charge >= 0.3 is 5.97 Å². The predicted molar refractivity (Wildman–Crippen MR) is 36.8 cm³/mol. The highest BCUT2D eigenvalue weighted by molar-refractivity contribution is 5.91. The largest absolute Gasteiger partial charge is 0.444 e. The van der Waals surface area contributed by atoms with Gasteiger partial charge in [-0.2, -0.15) is 0 Å². The maximum Gasteiger partial charge on any atom is 0.334 e. The van der Waals surface area contributed by atoms with Crippen LogP contribution in [0.5, 0.6) is 0 Å². The van der Waals surface area contributed by atoms with E-state index in [1.165, 1.54) is 6.92 Å². The summed E-state index contributed by atoms with van der Waals surface area (Å²) in [6.45, 7) is 4.70. The minimum absolute atomic E-state index is 0.152. The second-order valence-electron chi connectivity index (χ2n) is 1.92. The molecule has 0 aliphatic carbocycles. The Bertz CT molecular complexity index is 187. The lowest BCUT2D eigenvalue weighted by molar-refractivity contribution is -0.150. The summed E-state index contributed by atoms with van der Waals surface area (Å²) < 4.78 is 4.34. The first-order valence-corrected chi connectivity index (χ1v) is 2.89. The third-order valence-corrected chi connectivity index (χ3v) is 0.860. The molecule has 0 unspecified atom stereocenters. The van der Waals surface area contributed by atoms with Crippen LogP contribution in [0.1, 0.15) is 6.92 Å². The highest BCUT2D eigenvalue weighted by atomic mass is 16.5. The Balaban J connectivity index is 4.01. The van der Waals surface area contributed by atoms with Gasteiger partial charge in [-0.1, -0.05) is 6.58 Å².